The van der Waals surface area contributed by atoms with Crippen LogP contribution in [0.1, 0.15) is 53.9 Å². The average Bonchev–Trinajstić information content (AvgIpc) is 2.36. The summed E-state index contributed by atoms with van der Waals surface area (Å²) in [6, 6.07) is 0. The maximum atomic E-state index is 10.5. The summed E-state index contributed by atoms with van der Waals surface area (Å²) in [5.41, 5.74) is 5.09. The molecule has 2 heteroatoms. The zero-order valence-corrected chi connectivity index (χ0v) is 14.4. The van der Waals surface area contributed by atoms with Crippen molar-refractivity contribution in [1.82, 2.24) is 0 Å². The monoisotopic (exact) mass is 302 g/mol. The molecule has 0 atom stereocenters. The Kier molecular flexibility index (Phi) is 6.61. The number of allylic oxidation sites excluding steroid dienone is 9. The second-order valence-corrected chi connectivity index (χ2v) is 6.76. The Bertz CT molecular complexity index is 567. The van der Waals surface area contributed by atoms with Crippen molar-refractivity contribution < 1.29 is 9.90 Å². The van der Waals surface area contributed by atoms with Crippen LogP contribution in [0, 0.1) is 5.41 Å². The summed E-state index contributed by atoms with van der Waals surface area (Å²) >= 11 is 0. The molecule has 0 aromatic rings. The Morgan fingerprint density at radius 1 is 1.27 bits per heavy atom. The van der Waals surface area contributed by atoms with E-state index < -0.39 is 5.97 Å². The molecule has 1 aliphatic rings. The van der Waals surface area contributed by atoms with Crippen LogP contribution >= 0.6 is 0 Å². The molecule has 0 bridgehead atoms. The Balaban J connectivity index is 2.79. The van der Waals surface area contributed by atoms with Crippen molar-refractivity contribution in [2.45, 2.75) is 53.9 Å². The molecule has 1 aliphatic carbocycles. The van der Waals surface area contributed by atoms with Gasteiger partial charge in [0.05, 0.1) is 0 Å². The number of aliphatic carboxylic acids is 1. The van der Waals surface area contributed by atoms with Crippen LogP contribution in [0.4, 0.5) is 0 Å². The minimum Gasteiger partial charge on any atom is -0.478 e. The molecule has 0 saturated carbocycles. The van der Waals surface area contributed by atoms with E-state index in [0.29, 0.717) is 0 Å². The third-order valence-electron chi connectivity index (χ3n) is 4.12. The first-order valence-electron chi connectivity index (χ1n) is 7.87. The molecule has 1 rings (SSSR count). The molecule has 0 heterocycles. The maximum Gasteiger partial charge on any atom is 0.328 e. The van der Waals surface area contributed by atoms with E-state index in [1.54, 1.807) is 13.0 Å². The Morgan fingerprint density at radius 2 is 1.95 bits per heavy atom. The van der Waals surface area contributed by atoms with Crippen molar-refractivity contribution >= 4 is 5.97 Å². The summed E-state index contributed by atoms with van der Waals surface area (Å²) in [4.78, 5) is 10.5. The lowest BCUT2D eigenvalue weighted by Crippen LogP contribution is -2.19. The van der Waals surface area contributed by atoms with Gasteiger partial charge < -0.3 is 5.11 Å². The fraction of sp³-hybridized carbons (Fsp3) is 0.450. The van der Waals surface area contributed by atoms with E-state index in [4.69, 9.17) is 5.11 Å². The molecular weight excluding hydrogens is 274 g/mol. The zero-order chi connectivity index (χ0) is 16.8. The van der Waals surface area contributed by atoms with Gasteiger partial charge in [-0.1, -0.05) is 55.4 Å². The van der Waals surface area contributed by atoms with Crippen LogP contribution in [0.3, 0.4) is 0 Å². The fourth-order valence-corrected chi connectivity index (χ4v) is 2.88. The van der Waals surface area contributed by atoms with Crippen molar-refractivity contribution in [2.75, 3.05) is 0 Å². The summed E-state index contributed by atoms with van der Waals surface area (Å²) in [6.45, 7) is 10.7. The molecule has 0 aliphatic heterocycles. The van der Waals surface area contributed by atoms with E-state index in [1.165, 1.54) is 36.5 Å². The molecule has 22 heavy (non-hydrogen) atoms. The molecule has 2 nitrogen and oxygen atoms in total. The van der Waals surface area contributed by atoms with Crippen molar-refractivity contribution in [3.63, 3.8) is 0 Å². The van der Waals surface area contributed by atoms with Gasteiger partial charge in [-0.25, -0.2) is 4.79 Å². The molecule has 120 valence electrons. The summed E-state index contributed by atoms with van der Waals surface area (Å²) < 4.78 is 0. The fourth-order valence-electron chi connectivity index (χ4n) is 2.88. The largest absolute Gasteiger partial charge is 0.478 e. The number of carboxylic acids is 1. The van der Waals surface area contributed by atoms with Gasteiger partial charge in [0, 0.05) is 6.08 Å². The topological polar surface area (TPSA) is 37.3 Å². The van der Waals surface area contributed by atoms with Gasteiger partial charge in [0.2, 0.25) is 0 Å². The highest BCUT2D eigenvalue weighted by atomic mass is 16.4. The molecule has 0 spiro atoms. The van der Waals surface area contributed by atoms with Gasteiger partial charge in [-0.2, -0.15) is 0 Å². The van der Waals surface area contributed by atoms with Crippen LogP contribution in [0.25, 0.3) is 0 Å². The van der Waals surface area contributed by atoms with Gasteiger partial charge in [-0.05, 0) is 56.6 Å². The first-order valence-corrected chi connectivity index (χ1v) is 7.87. The molecule has 0 unspecified atom stereocenters. The lowest BCUT2D eigenvalue weighted by atomic mass is 9.77. The Hall–Kier alpha value is -1.83. The number of carboxylic acid groups (broad SMARTS) is 1. The Morgan fingerprint density at radius 3 is 2.55 bits per heavy atom. The van der Waals surface area contributed by atoms with Crippen molar-refractivity contribution in [3.8, 4) is 0 Å². The van der Waals surface area contributed by atoms with Crippen molar-refractivity contribution in [3.05, 3.63) is 58.7 Å². The summed E-state index contributed by atoms with van der Waals surface area (Å²) in [6.07, 6.45) is 15.0. The quantitative estimate of drug-likeness (QED) is 0.530. The minimum atomic E-state index is -0.912. The van der Waals surface area contributed by atoms with Gasteiger partial charge in [0.15, 0.2) is 0 Å². The van der Waals surface area contributed by atoms with Crippen LogP contribution in [0.15, 0.2) is 58.7 Å². The number of rotatable bonds is 5. The smallest absolute Gasteiger partial charge is 0.328 e. The standard InChI is InChI=1S/C20H28O2/c1-15(8-6-9-16(2)14-19(21)22)11-12-18-17(3)10-7-13-20(18,4)5/h6,8-9,11-12,14H,7,10,13H2,1-5H3,(H,21,22)/b9-6+,12-11+,15-8+,16-14+/i12+2. The summed E-state index contributed by atoms with van der Waals surface area (Å²) in [5, 5.41) is 8.65. The molecule has 0 aromatic carbocycles. The molecule has 0 aromatic heterocycles. The SMILES string of the molecule is CC1=C(/[14CH]=C/C(C)=C/C=C/C(C)=C/C(=O)O)C(C)(C)CCC1. The van der Waals surface area contributed by atoms with Crippen LogP contribution in [-0.4, -0.2) is 11.1 Å². The van der Waals surface area contributed by atoms with E-state index in [-0.39, 0.29) is 5.41 Å². The van der Waals surface area contributed by atoms with Crippen LogP contribution in [-0.2, 0) is 4.79 Å². The molecule has 0 radical (unpaired) electrons. The zero-order valence-electron chi connectivity index (χ0n) is 14.4. The van der Waals surface area contributed by atoms with Gasteiger partial charge in [-0.3, -0.25) is 0 Å². The normalized spacial score (nSPS) is 20.2. The summed E-state index contributed by atoms with van der Waals surface area (Å²) in [7, 11) is 0. The lowest BCUT2D eigenvalue weighted by molar-refractivity contribution is -0.131. The van der Waals surface area contributed by atoms with E-state index in [1.807, 2.05) is 12.2 Å². The first kappa shape index (κ1) is 18.2. The maximum absolute atomic E-state index is 10.5. The molecule has 0 saturated heterocycles. The Labute approximate surface area is 134 Å². The predicted molar refractivity (Wildman–Crippen MR) is 93.8 cm³/mol. The molecule has 0 amide bonds. The number of hydrogen-bond donors (Lipinski definition) is 1. The van der Waals surface area contributed by atoms with E-state index in [2.05, 4.69) is 39.8 Å². The summed E-state index contributed by atoms with van der Waals surface area (Å²) in [5.74, 6) is -0.912. The number of hydrogen-bond acceptors (Lipinski definition) is 1. The molecule has 1 N–H and O–H groups in total. The second-order valence-electron chi connectivity index (χ2n) is 6.76. The van der Waals surface area contributed by atoms with E-state index >= 15 is 0 Å². The highest BCUT2D eigenvalue weighted by molar-refractivity contribution is 5.81. The second kappa shape index (κ2) is 7.98. The van der Waals surface area contributed by atoms with Gasteiger partial charge in [-0.15, -0.1) is 0 Å². The third-order valence-corrected chi connectivity index (χ3v) is 4.12. The van der Waals surface area contributed by atoms with Crippen LogP contribution < -0.4 is 0 Å². The van der Waals surface area contributed by atoms with Gasteiger partial charge in [0.25, 0.3) is 0 Å². The predicted octanol–water partition coefficient (Wildman–Crippen LogP) is 5.60. The number of carbonyl (C=O) groups is 1. The van der Waals surface area contributed by atoms with Crippen LogP contribution in [0.2, 0.25) is 0 Å². The average molecular weight is 302 g/mol. The minimum absolute atomic E-state index is 0.260. The lowest BCUT2D eigenvalue weighted by Gasteiger charge is -2.32. The molecular formula is C20H28O2. The van der Waals surface area contributed by atoms with Gasteiger partial charge >= 0.3 is 5.97 Å². The van der Waals surface area contributed by atoms with E-state index in [9.17, 15) is 4.79 Å². The highest BCUT2D eigenvalue weighted by Gasteiger charge is 2.26. The van der Waals surface area contributed by atoms with Crippen molar-refractivity contribution in [2.24, 2.45) is 5.41 Å². The first-order chi connectivity index (χ1) is 10.2. The van der Waals surface area contributed by atoms with Gasteiger partial charge in [0.1, 0.15) is 0 Å². The van der Waals surface area contributed by atoms with Crippen molar-refractivity contribution in [1.29, 1.82) is 0 Å². The third kappa shape index (κ3) is 5.88. The molecule has 0 fully saturated rings. The highest BCUT2D eigenvalue weighted by Crippen LogP contribution is 2.40. The van der Waals surface area contributed by atoms with Crippen LogP contribution in [0.5, 0.6) is 0 Å². The van der Waals surface area contributed by atoms with E-state index in [0.717, 1.165) is 11.1 Å².